The van der Waals surface area contributed by atoms with Crippen molar-refractivity contribution in [2.75, 3.05) is 31.5 Å². The van der Waals surface area contributed by atoms with Crippen molar-refractivity contribution < 1.29 is 27.5 Å². The van der Waals surface area contributed by atoms with Crippen LogP contribution >= 0.6 is 0 Å². The van der Waals surface area contributed by atoms with Gasteiger partial charge in [-0.1, -0.05) is 42.5 Å². The molecule has 1 saturated heterocycles. The summed E-state index contributed by atoms with van der Waals surface area (Å²) in [5, 5.41) is 0. The van der Waals surface area contributed by atoms with Crippen LogP contribution in [0.4, 0.5) is 5.69 Å². The number of benzene rings is 3. The number of rotatable bonds is 10. The number of nitrogens with zero attached hydrogens (tertiary/aromatic N) is 1. The zero-order chi connectivity index (χ0) is 28.7. The number of piperidine rings is 1. The van der Waals surface area contributed by atoms with Gasteiger partial charge in [0.25, 0.3) is 10.0 Å². The molecule has 40 heavy (non-hydrogen) atoms. The molecular weight excluding hydrogens is 528 g/mol. The number of carbonyl (C=O) groups is 2. The van der Waals surface area contributed by atoms with E-state index in [9.17, 15) is 18.0 Å². The number of hydrogen-bond acceptors (Lipinski definition) is 6. The van der Waals surface area contributed by atoms with Gasteiger partial charge in [-0.3, -0.25) is 14.3 Å². The molecule has 0 bridgehead atoms. The van der Waals surface area contributed by atoms with Crippen LogP contribution in [0.1, 0.15) is 42.0 Å². The molecule has 0 saturated carbocycles. The van der Waals surface area contributed by atoms with E-state index in [1.807, 2.05) is 25.1 Å². The number of amides is 1. The predicted octanol–water partition coefficient (Wildman–Crippen LogP) is 4.74. The Morgan fingerprint density at radius 3 is 2.30 bits per heavy atom. The number of hydrogen-bond donors (Lipinski definition) is 1. The lowest BCUT2D eigenvalue weighted by Gasteiger charge is -2.31. The van der Waals surface area contributed by atoms with Crippen molar-refractivity contribution >= 4 is 27.6 Å². The average molecular weight is 565 g/mol. The topological polar surface area (TPSA) is 102 Å². The SMILES string of the molecule is CCOC(=O)C1CCN(C(=O)Cc2ccc(NS(=O)(=O)c3ccc(Cc4ccccc4C)cc3OC)cc2)CC1. The molecule has 1 amide bonds. The molecule has 0 spiro atoms. The summed E-state index contributed by atoms with van der Waals surface area (Å²) >= 11 is 0. The minimum atomic E-state index is -3.91. The molecule has 1 aliphatic heterocycles. The Kier molecular flexibility index (Phi) is 9.47. The van der Waals surface area contributed by atoms with Crippen LogP contribution in [0.5, 0.6) is 5.75 Å². The largest absolute Gasteiger partial charge is 0.495 e. The molecule has 4 rings (SSSR count). The van der Waals surface area contributed by atoms with E-state index in [0.29, 0.717) is 44.6 Å². The number of likely N-dealkylation sites (tertiary alicyclic amines) is 1. The quantitative estimate of drug-likeness (QED) is 0.357. The summed E-state index contributed by atoms with van der Waals surface area (Å²) in [6, 6.07) is 20.0. The fourth-order valence-electron chi connectivity index (χ4n) is 4.88. The Morgan fingerprint density at radius 2 is 1.65 bits per heavy atom. The molecule has 3 aromatic rings. The Hall–Kier alpha value is -3.85. The molecule has 0 aliphatic carbocycles. The van der Waals surface area contributed by atoms with Gasteiger partial charge in [-0.25, -0.2) is 8.42 Å². The van der Waals surface area contributed by atoms with Crippen molar-refractivity contribution in [2.45, 2.75) is 44.4 Å². The summed E-state index contributed by atoms with van der Waals surface area (Å²) in [4.78, 5) is 26.5. The molecular formula is C31H36N2O6S. The van der Waals surface area contributed by atoms with Crippen LogP contribution in [0, 0.1) is 12.8 Å². The van der Waals surface area contributed by atoms with Crippen LogP contribution < -0.4 is 9.46 Å². The number of esters is 1. The van der Waals surface area contributed by atoms with Gasteiger partial charge < -0.3 is 14.4 Å². The summed E-state index contributed by atoms with van der Waals surface area (Å²) in [6.45, 7) is 5.23. The molecule has 1 aliphatic rings. The Labute approximate surface area is 236 Å². The number of anilines is 1. The van der Waals surface area contributed by atoms with E-state index >= 15 is 0 Å². The first-order valence-corrected chi connectivity index (χ1v) is 15.0. The molecule has 3 aromatic carbocycles. The van der Waals surface area contributed by atoms with E-state index in [-0.39, 0.29) is 34.9 Å². The minimum Gasteiger partial charge on any atom is -0.495 e. The number of nitrogens with one attached hydrogen (secondary N) is 1. The highest BCUT2D eigenvalue weighted by Gasteiger charge is 2.28. The highest BCUT2D eigenvalue weighted by molar-refractivity contribution is 7.92. The molecule has 1 heterocycles. The first-order valence-electron chi connectivity index (χ1n) is 13.5. The van der Waals surface area contributed by atoms with Crippen LogP contribution in [0.3, 0.4) is 0 Å². The predicted molar refractivity (Wildman–Crippen MR) is 154 cm³/mol. The first-order chi connectivity index (χ1) is 19.2. The zero-order valence-corrected chi connectivity index (χ0v) is 24.0. The molecule has 0 unspecified atom stereocenters. The van der Waals surface area contributed by atoms with Gasteiger partial charge in [0.2, 0.25) is 5.91 Å². The third-order valence-corrected chi connectivity index (χ3v) is 8.62. The lowest BCUT2D eigenvalue weighted by atomic mass is 9.96. The molecule has 0 atom stereocenters. The number of methoxy groups -OCH3 is 1. The summed E-state index contributed by atoms with van der Waals surface area (Å²) in [6.07, 6.45) is 2.07. The third-order valence-electron chi connectivity index (χ3n) is 7.20. The molecule has 8 nitrogen and oxygen atoms in total. The molecule has 212 valence electrons. The number of sulfonamides is 1. The summed E-state index contributed by atoms with van der Waals surface area (Å²) in [5.41, 5.74) is 4.45. The van der Waals surface area contributed by atoms with Crippen LogP contribution in [-0.4, -0.2) is 52.0 Å². The normalized spacial score (nSPS) is 14.0. The fraction of sp³-hybridized carbons (Fsp3) is 0.355. The summed E-state index contributed by atoms with van der Waals surface area (Å²) < 4.78 is 39.6. The van der Waals surface area contributed by atoms with Crippen LogP contribution in [0.25, 0.3) is 0 Å². The fourth-order valence-corrected chi connectivity index (χ4v) is 6.09. The van der Waals surface area contributed by atoms with E-state index in [0.717, 1.165) is 16.7 Å². The molecule has 9 heteroatoms. The van der Waals surface area contributed by atoms with Crippen molar-refractivity contribution in [3.8, 4) is 5.75 Å². The zero-order valence-electron chi connectivity index (χ0n) is 23.2. The molecule has 1 N–H and O–H groups in total. The minimum absolute atomic E-state index is 0.0221. The van der Waals surface area contributed by atoms with Crippen molar-refractivity contribution in [2.24, 2.45) is 5.92 Å². The standard InChI is InChI=1S/C31H36N2O6S/c1-4-39-31(35)25-15-17-33(18-16-25)30(34)21-23-9-12-27(13-10-23)32-40(36,37)29-14-11-24(20-28(29)38-3)19-26-8-6-5-7-22(26)2/h5-14,20,25,32H,4,15-19,21H2,1-3H3. The van der Waals surface area contributed by atoms with Gasteiger partial charge in [0.15, 0.2) is 0 Å². The van der Waals surface area contributed by atoms with E-state index in [2.05, 4.69) is 10.8 Å². The highest BCUT2D eigenvalue weighted by Crippen LogP contribution is 2.29. The smallest absolute Gasteiger partial charge is 0.309 e. The summed E-state index contributed by atoms with van der Waals surface area (Å²) in [7, 11) is -2.46. The lowest BCUT2D eigenvalue weighted by Crippen LogP contribution is -2.41. The first kappa shape index (κ1) is 29.1. The Bertz CT molecular complexity index is 1440. The molecule has 0 radical (unpaired) electrons. The number of ether oxygens (including phenoxy) is 2. The average Bonchev–Trinajstić information content (AvgIpc) is 2.95. The van der Waals surface area contributed by atoms with E-state index in [1.54, 1.807) is 54.3 Å². The van der Waals surface area contributed by atoms with Crippen molar-refractivity contribution in [1.29, 1.82) is 0 Å². The van der Waals surface area contributed by atoms with Gasteiger partial charge in [-0.15, -0.1) is 0 Å². The van der Waals surface area contributed by atoms with Gasteiger partial charge in [-0.05, 0) is 79.6 Å². The lowest BCUT2D eigenvalue weighted by molar-refractivity contribution is -0.151. The maximum absolute atomic E-state index is 13.2. The van der Waals surface area contributed by atoms with Gasteiger partial charge in [-0.2, -0.15) is 0 Å². The van der Waals surface area contributed by atoms with Gasteiger partial charge >= 0.3 is 5.97 Å². The maximum atomic E-state index is 13.2. The van der Waals surface area contributed by atoms with Crippen LogP contribution in [-0.2, 0) is 37.2 Å². The monoisotopic (exact) mass is 564 g/mol. The number of aryl methyl sites for hydroxylation is 1. The van der Waals surface area contributed by atoms with Crippen molar-refractivity contribution in [3.05, 3.63) is 89.0 Å². The van der Waals surface area contributed by atoms with Gasteiger partial charge in [0.05, 0.1) is 26.1 Å². The van der Waals surface area contributed by atoms with Crippen molar-refractivity contribution in [3.63, 3.8) is 0 Å². The van der Waals surface area contributed by atoms with E-state index in [4.69, 9.17) is 9.47 Å². The number of carbonyl (C=O) groups excluding carboxylic acids is 2. The van der Waals surface area contributed by atoms with Gasteiger partial charge in [0.1, 0.15) is 10.6 Å². The third kappa shape index (κ3) is 7.21. The second kappa shape index (κ2) is 13.0. The second-order valence-corrected chi connectivity index (χ2v) is 11.6. The Morgan fingerprint density at radius 1 is 0.975 bits per heavy atom. The summed E-state index contributed by atoms with van der Waals surface area (Å²) in [5.74, 6) is -0.0960. The van der Waals surface area contributed by atoms with Crippen LogP contribution in [0.2, 0.25) is 0 Å². The van der Waals surface area contributed by atoms with Gasteiger partial charge in [0, 0.05) is 18.8 Å². The Balaban J connectivity index is 1.37. The van der Waals surface area contributed by atoms with E-state index in [1.165, 1.54) is 12.7 Å². The maximum Gasteiger partial charge on any atom is 0.309 e. The second-order valence-electron chi connectivity index (χ2n) is 9.97. The van der Waals surface area contributed by atoms with Crippen LogP contribution in [0.15, 0.2) is 71.6 Å². The van der Waals surface area contributed by atoms with E-state index < -0.39 is 10.0 Å². The molecule has 1 fully saturated rings. The van der Waals surface area contributed by atoms with Crippen molar-refractivity contribution in [1.82, 2.24) is 4.90 Å². The molecule has 0 aromatic heterocycles. The highest BCUT2D eigenvalue weighted by atomic mass is 32.2.